The van der Waals surface area contributed by atoms with Crippen LogP contribution in [0.25, 0.3) is 0 Å². The van der Waals surface area contributed by atoms with Crippen molar-refractivity contribution >= 4 is 21.8 Å². The lowest BCUT2D eigenvalue weighted by Gasteiger charge is -2.16. The van der Waals surface area contributed by atoms with E-state index in [0.29, 0.717) is 59.8 Å². The molecule has 9 heteroatoms. The minimum Gasteiger partial charge on any atom is -0.494 e. The molecule has 3 N–H and O–H groups in total. The van der Waals surface area contributed by atoms with Crippen LogP contribution < -0.4 is 20.5 Å². The third-order valence-electron chi connectivity index (χ3n) is 5.46. The number of ether oxygens (including phenoxy) is 2. The molecule has 2 aromatic rings. The van der Waals surface area contributed by atoms with Gasteiger partial charge in [-0.05, 0) is 80.6 Å². The number of hydrogen-bond acceptors (Lipinski definition) is 5. The maximum Gasteiger partial charge on any atom is 0.284 e. The van der Waals surface area contributed by atoms with Crippen LogP contribution in [0.3, 0.4) is 0 Å². The molecule has 0 radical (unpaired) electrons. The van der Waals surface area contributed by atoms with E-state index in [0.717, 1.165) is 12.8 Å². The van der Waals surface area contributed by atoms with Gasteiger partial charge in [-0.15, -0.1) is 4.40 Å². The molecule has 0 spiro atoms. The van der Waals surface area contributed by atoms with Crippen LogP contribution in [0.5, 0.6) is 11.5 Å². The van der Waals surface area contributed by atoms with Crippen LogP contribution in [0.1, 0.15) is 54.9 Å². The van der Waals surface area contributed by atoms with E-state index in [1.165, 1.54) is 0 Å². The van der Waals surface area contributed by atoms with Crippen LogP contribution in [0.4, 0.5) is 0 Å². The predicted octanol–water partition coefficient (Wildman–Crippen LogP) is 3.79. The standard InChI is InChI=1S/C25H35N3O5S/c1-6-7-14-32-21-12-10-20(11-13-21)25(26)28-34(30,31)24-17(2)16-22(18(3)19(24)4)33-15-8-9-23(29)27-5/h10-13,16H,6-9,14-15H2,1-5H3,(H2,26,28)(H,27,29). The maximum atomic E-state index is 13.2. The van der Waals surface area contributed by atoms with Crippen molar-refractivity contribution in [2.75, 3.05) is 20.3 Å². The number of nitrogens with two attached hydrogens (primary N) is 1. The van der Waals surface area contributed by atoms with E-state index in [1.54, 1.807) is 58.2 Å². The minimum absolute atomic E-state index is 0.0526. The van der Waals surface area contributed by atoms with Crippen molar-refractivity contribution in [3.8, 4) is 11.5 Å². The number of carbonyl (C=O) groups excluding carboxylic acids is 1. The Balaban J connectivity index is 2.22. The summed E-state index contributed by atoms with van der Waals surface area (Å²) in [5.74, 6) is 1.14. The first-order chi connectivity index (χ1) is 16.1. The van der Waals surface area contributed by atoms with Crippen LogP contribution in [0.15, 0.2) is 39.6 Å². The number of nitrogens with zero attached hydrogens (tertiary/aromatic N) is 1. The number of hydrogen-bond donors (Lipinski definition) is 2. The molecule has 186 valence electrons. The summed E-state index contributed by atoms with van der Waals surface area (Å²) in [7, 11) is -2.46. The van der Waals surface area contributed by atoms with Crippen LogP contribution >= 0.6 is 0 Å². The van der Waals surface area contributed by atoms with Crippen LogP contribution in [0, 0.1) is 20.8 Å². The lowest BCUT2D eigenvalue weighted by molar-refractivity contribution is -0.120. The van der Waals surface area contributed by atoms with E-state index in [9.17, 15) is 13.2 Å². The van der Waals surface area contributed by atoms with Gasteiger partial charge in [0.05, 0.1) is 18.1 Å². The Morgan fingerprint density at radius 2 is 1.68 bits per heavy atom. The second kappa shape index (κ2) is 12.4. The molecule has 0 aromatic heterocycles. The van der Waals surface area contributed by atoms with Gasteiger partial charge in [0.15, 0.2) is 0 Å². The molecule has 1 amide bonds. The highest BCUT2D eigenvalue weighted by molar-refractivity contribution is 7.90. The third-order valence-corrected chi connectivity index (χ3v) is 7.04. The van der Waals surface area contributed by atoms with Gasteiger partial charge in [-0.1, -0.05) is 13.3 Å². The largest absolute Gasteiger partial charge is 0.494 e. The Hall–Kier alpha value is -3.07. The first kappa shape index (κ1) is 27.2. The molecule has 0 aliphatic heterocycles. The Labute approximate surface area is 202 Å². The SMILES string of the molecule is CCCCOc1ccc(C(N)=NS(=O)(=O)c2c(C)cc(OCCCC(=O)NC)c(C)c2C)cc1. The van der Waals surface area contributed by atoms with Crippen molar-refractivity contribution in [2.24, 2.45) is 10.1 Å². The summed E-state index contributed by atoms with van der Waals surface area (Å²) in [4.78, 5) is 11.5. The van der Waals surface area contributed by atoms with Gasteiger partial charge in [-0.2, -0.15) is 8.42 Å². The Kier molecular flexibility index (Phi) is 9.92. The molecular formula is C25H35N3O5S. The molecule has 34 heavy (non-hydrogen) atoms. The summed E-state index contributed by atoms with van der Waals surface area (Å²) in [5, 5.41) is 2.57. The van der Waals surface area contributed by atoms with Gasteiger partial charge in [-0.25, -0.2) is 0 Å². The van der Waals surface area contributed by atoms with Gasteiger partial charge in [-0.3, -0.25) is 4.79 Å². The fourth-order valence-corrected chi connectivity index (χ4v) is 4.85. The lowest BCUT2D eigenvalue weighted by atomic mass is 10.1. The average molecular weight is 490 g/mol. The molecule has 0 saturated carbocycles. The van der Waals surface area contributed by atoms with E-state index < -0.39 is 10.0 Å². The van der Waals surface area contributed by atoms with E-state index in [1.807, 2.05) is 0 Å². The predicted molar refractivity (Wildman–Crippen MR) is 134 cm³/mol. The van der Waals surface area contributed by atoms with Gasteiger partial charge in [0.25, 0.3) is 10.0 Å². The van der Waals surface area contributed by atoms with Gasteiger partial charge in [0.2, 0.25) is 5.91 Å². The van der Waals surface area contributed by atoms with Crippen molar-refractivity contribution in [3.05, 3.63) is 52.6 Å². The van der Waals surface area contributed by atoms with Gasteiger partial charge >= 0.3 is 0 Å². The smallest absolute Gasteiger partial charge is 0.284 e. The van der Waals surface area contributed by atoms with Crippen molar-refractivity contribution in [2.45, 2.75) is 58.3 Å². The number of rotatable bonds is 12. The van der Waals surface area contributed by atoms with E-state index >= 15 is 0 Å². The number of benzene rings is 2. The Bertz CT molecular complexity index is 1130. The molecule has 8 nitrogen and oxygen atoms in total. The minimum atomic E-state index is -4.05. The topological polar surface area (TPSA) is 120 Å². The zero-order chi connectivity index (χ0) is 25.3. The summed E-state index contributed by atoms with van der Waals surface area (Å²) >= 11 is 0. The number of unbranched alkanes of at least 4 members (excludes halogenated alkanes) is 1. The van der Waals surface area contributed by atoms with Crippen LogP contribution in [-0.4, -0.2) is 40.4 Å². The average Bonchev–Trinajstić information content (AvgIpc) is 2.79. The number of aryl methyl sites for hydroxylation is 1. The van der Waals surface area contributed by atoms with Crippen molar-refractivity contribution in [1.82, 2.24) is 5.32 Å². The quantitative estimate of drug-likeness (QED) is 0.266. The fourth-order valence-electron chi connectivity index (χ4n) is 3.39. The van der Waals surface area contributed by atoms with Gasteiger partial charge < -0.3 is 20.5 Å². The van der Waals surface area contributed by atoms with E-state index in [2.05, 4.69) is 16.6 Å². The number of sulfonamides is 1. The second-order valence-electron chi connectivity index (χ2n) is 8.07. The Morgan fingerprint density at radius 1 is 1.03 bits per heavy atom. The van der Waals surface area contributed by atoms with E-state index in [4.69, 9.17) is 15.2 Å². The fraction of sp³-hybridized carbons (Fsp3) is 0.440. The Morgan fingerprint density at radius 3 is 2.29 bits per heavy atom. The summed E-state index contributed by atoms with van der Waals surface area (Å²) in [6.07, 6.45) is 2.92. The molecule has 0 aliphatic carbocycles. The van der Waals surface area contributed by atoms with Gasteiger partial charge in [0.1, 0.15) is 17.3 Å². The molecule has 0 aliphatic rings. The molecule has 2 rings (SSSR count). The highest BCUT2D eigenvalue weighted by atomic mass is 32.2. The number of amides is 1. The monoisotopic (exact) mass is 489 g/mol. The number of carbonyl (C=O) groups is 1. The molecule has 0 unspecified atom stereocenters. The second-order valence-corrected chi connectivity index (χ2v) is 9.61. The molecular weight excluding hydrogens is 454 g/mol. The molecule has 0 atom stereocenters. The summed E-state index contributed by atoms with van der Waals surface area (Å²) in [6.45, 7) is 8.28. The first-order valence-electron chi connectivity index (χ1n) is 11.4. The molecule has 2 aromatic carbocycles. The third kappa shape index (κ3) is 7.21. The lowest BCUT2D eigenvalue weighted by Crippen LogP contribution is -2.18. The van der Waals surface area contributed by atoms with Crippen molar-refractivity contribution < 1.29 is 22.7 Å². The van der Waals surface area contributed by atoms with Gasteiger partial charge in [0, 0.05) is 19.0 Å². The maximum absolute atomic E-state index is 13.2. The van der Waals surface area contributed by atoms with Crippen molar-refractivity contribution in [1.29, 1.82) is 0 Å². The first-order valence-corrected chi connectivity index (χ1v) is 12.8. The number of nitrogens with one attached hydrogen (secondary N) is 1. The van der Waals surface area contributed by atoms with Crippen LogP contribution in [0.2, 0.25) is 0 Å². The summed E-state index contributed by atoms with van der Waals surface area (Å²) in [6, 6.07) is 8.56. The summed E-state index contributed by atoms with van der Waals surface area (Å²) in [5.41, 5.74) is 8.31. The zero-order valence-electron chi connectivity index (χ0n) is 20.6. The normalized spacial score (nSPS) is 11.9. The highest BCUT2D eigenvalue weighted by Gasteiger charge is 2.23. The van der Waals surface area contributed by atoms with E-state index in [-0.39, 0.29) is 16.6 Å². The highest BCUT2D eigenvalue weighted by Crippen LogP contribution is 2.32. The molecule has 0 fully saturated rings. The summed E-state index contributed by atoms with van der Waals surface area (Å²) < 4.78 is 41.6. The molecule has 0 saturated heterocycles. The molecule has 0 heterocycles. The zero-order valence-corrected chi connectivity index (χ0v) is 21.4. The number of amidine groups is 1. The molecule has 0 bridgehead atoms. The van der Waals surface area contributed by atoms with Crippen LogP contribution in [-0.2, 0) is 14.8 Å². The van der Waals surface area contributed by atoms with Crippen molar-refractivity contribution in [3.63, 3.8) is 0 Å².